The highest BCUT2D eigenvalue weighted by Crippen LogP contribution is 2.47. The van der Waals surface area contributed by atoms with Gasteiger partial charge in [0.2, 0.25) is 0 Å². The number of carbonyl (C=O) groups is 1. The van der Waals surface area contributed by atoms with Crippen LogP contribution in [0.4, 0.5) is 0 Å². The number of methoxy groups -OCH3 is 1. The van der Waals surface area contributed by atoms with E-state index in [0.29, 0.717) is 28.8 Å². The number of nitrogens with zero attached hydrogens (tertiary/aromatic N) is 2. The number of ether oxygens (including phenoxy) is 2. The van der Waals surface area contributed by atoms with E-state index in [0.717, 1.165) is 35.2 Å². The zero-order valence-electron chi connectivity index (χ0n) is 19.7. The highest BCUT2D eigenvalue weighted by molar-refractivity contribution is 6.30. The zero-order chi connectivity index (χ0) is 23.8. The van der Waals surface area contributed by atoms with Crippen LogP contribution in [-0.4, -0.2) is 40.3 Å². The van der Waals surface area contributed by atoms with Gasteiger partial charge in [-0.2, -0.15) is 5.10 Å². The van der Waals surface area contributed by atoms with Crippen molar-refractivity contribution in [3.05, 3.63) is 64.3 Å². The maximum Gasteiger partial charge on any atom is 0.273 e. The lowest BCUT2D eigenvalue weighted by Gasteiger charge is -2.38. The van der Waals surface area contributed by atoms with Crippen LogP contribution < -0.4 is 9.47 Å². The molecule has 2 aromatic carbocycles. The summed E-state index contributed by atoms with van der Waals surface area (Å²) in [6.45, 7) is 8.88. The Hall–Kier alpha value is -2.99. The van der Waals surface area contributed by atoms with E-state index < -0.39 is 5.54 Å². The highest BCUT2D eigenvalue weighted by Gasteiger charge is 2.46. The molecule has 7 heteroatoms. The smallest absolute Gasteiger partial charge is 0.273 e. The van der Waals surface area contributed by atoms with Crippen LogP contribution in [0.1, 0.15) is 68.2 Å². The van der Waals surface area contributed by atoms with Gasteiger partial charge in [0.1, 0.15) is 5.69 Å². The monoisotopic (exact) mass is 467 g/mol. The predicted molar refractivity (Wildman–Crippen MR) is 130 cm³/mol. The molecular weight excluding hydrogens is 438 g/mol. The summed E-state index contributed by atoms with van der Waals surface area (Å²) in [5.74, 6) is 1.28. The van der Waals surface area contributed by atoms with Crippen molar-refractivity contribution in [3.8, 4) is 22.8 Å². The van der Waals surface area contributed by atoms with Crippen LogP contribution in [0.2, 0.25) is 5.02 Å². The molecule has 0 spiro atoms. The number of unbranched alkanes of at least 4 members (excludes halogenated alkanes) is 1. The van der Waals surface area contributed by atoms with Crippen molar-refractivity contribution in [2.24, 2.45) is 0 Å². The molecule has 1 unspecified atom stereocenters. The van der Waals surface area contributed by atoms with Crippen molar-refractivity contribution in [2.45, 2.75) is 52.1 Å². The van der Waals surface area contributed by atoms with Crippen molar-refractivity contribution in [1.29, 1.82) is 0 Å². The Labute approximate surface area is 199 Å². The van der Waals surface area contributed by atoms with Gasteiger partial charge in [-0.1, -0.05) is 43.1 Å². The Morgan fingerprint density at radius 3 is 2.48 bits per heavy atom. The molecule has 0 bridgehead atoms. The summed E-state index contributed by atoms with van der Waals surface area (Å²) in [5.41, 5.74) is 3.54. The number of hydrogen-bond acceptors (Lipinski definition) is 4. The van der Waals surface area contributed by atoms with Gasteiger partial charge in [-0.25, -0.2) is 0 Å². The summed E-state index contributed by atoms with van der Waals surface area (Å²) in [4.78, 5) is 15.4. The number of H-pyrrole nitrogens is 1. The molecule has 0 saturated heterocycles. The van der Waals surface area contributed by atoms with Gasteiger partial charge in [0.25, 0.3) is 5.91 Å². The molecule has 33 heavy (non-hydrogen) atoms. The number of benzene rings is 2. The average Bonchev–Trinajstić information content (AvgIpc) is 3.33. The predicted octanol–water partition coefficient (Wildman–Crippen LogP) is 6.26. The van der Waals surface area contributed by atoms with Gasteiger partial charge in [-0.05, 0) is 57.0 Å². The summed E-state index contributed by atoms with van der Waals surface area (Å²) in [6.07, 6.45) is 2.03. The van der Waals surface area contributed by atoms with Crippen LogP contribution in [0.25, 0.3) is 11.3 Å². The number of aromatic nitrogens is 2. The first kappa shape index (κ1) is 23.2. The zero-order valence-corrected chi connectivity index (χ0v) is 20.5. The van der Waals surface area contributed by atoms with Crippen molar-refractivity contribution >= 4 is 17.5 Å². The van der Waals surface area contributed by atoms with Gasteiger partial charge in [-0.15, -0.1) is 0 Å². The van der Waals surface area contributed by atoms with Gasteiger partial charge in [-0.3, -0.25) is 9.89 Å². The Morgan fingerprint density at radius 2 is 1.85 bits per heavy atom. The van der Waals surface area contributed by atoms with Crippen molar-refractivity contribution in [1.82, 2.24) is 15.1 Å². The van der Waals surface area contributed by atoms with E-state index in [1.165, 1.54) is 0 Å². The molecule has 3 aromatic rings. The molecule has 1 aliphatic heterocycles. The van der Waals surface area contributed by atoms with Crippen molar-refractivity contribution in [3.63, 3.8) is 0 Å². The molecule has 1 aromatic heterocycles. The Bertz CT molecular complexity index is 1150. The number of carbonyl (C=O) groups excluding carboxylic acids is 1. The van der Waals surface area contributed by atoms with Crippen LogP contribution in [0.3, 0.4) is 0 Å². The van der Waals surface area contributed by atoms with E-state index in [1.54, 1.807) is 7.11 Å². The largest absolute Gasteiger partial charge is 0.493 e. The molecule has 174 valence electrons. The van der Waals surface area contributed by atoms with Crippen LogP contribution in [0.5, 0.6) is 11.5 Å². The lowest BCUT2D eigenvalue weighted by molar-refractivity contribution is 0.0545. The molecule has 0 saturated carbocycles. The molecule has 1 atom stereocenters. The van der Waals surface area contributed by atoms with E-state index in [4.69, 9.17) is 21.1 Å². The van der Waals surface area contributed by atoms with Gasteiger partial charge in [0, 0.05) is 21.7 Å². The minimum atomic E-state index is -0.414. The SMILES string of the molecule is CCCCOc1ccc(C2c3c(-c4ccc(Cl)cc4)n[nH]c3C(=O)N2C(C)(C)C)cc1OC. The standard InChI is InChI=1S/C26H30ClN3O3/c1-6-7-14-33-19-13-10-17(15-20(19)32-5)24-21-22(16-8-11-18(27)12-9-16)28-29-23(21)25(31)30(24)26(2,3)4/h8-13,15,24H,6-7,14H2,1-5H3,(H,28,29). The Kier molecular flexibility index (Phi) is 6.39. The topological polar surface area (TPSA) is 67.5 Å². The second-order valence-corrected chi connectivity index (χ2v) is 9.67. The third-order valence-corrected chi connectivity index (χ3v) is 6.12. The fourth-order valence-corrected chi connectivity index (χ4v) is 4.41. The number of rotatable bonds is 7. The van der Waals surface area contributed by atoms with Gasteiger partial charge >= 0.3 is 0 Å². The summed E-state index contributed by atoms with van der Waals surface area (Å²) in [6, 6.07) is 13.1. The quantitative estimate of drug-likeness (QED) is 0.416. The fraction of sp³-hybridized carbons (Fsp3) is 0.385. The minimum Gasteiger partial charge on any atom is -0.493 e. The highest BCUT2D eigenvalue weighted by atomic mass is 35.5. The minimum absolute atomic E-state index is 0.0718. The second-order valence-electron chi connectivity index (χ2n) is 9.23. The van der Waals surface area contributed by atoms with E-state index in [1.807, 2.05) is 68.1 Å². The molecule has 0 radical (unpaired) electrons. The number of halogens is 1. The fourth-order valence-electron chi connectivity index (χ4n) is 4.28. The Balaban J connectivity index is 1.83. The van der Waals surface area contributed by atoms with E-state index >= 15 is 0 Å². The second kappa shape index (κ2) is 9.10. The van der Waals surface area contributed by atoms with E-state index in [2.05, 4.69) is 17.1 Å². The van der Waals surface area contributed by atoms with Crippen molar-refractivity contribution in [2.75, 3.05) is 13.7 Å². The maximum atomic E-state index is 13.5. The van der Waals surface area contributed by atoms with Crippen molar-refractivity contribution < 1.29 is 14.3 Å². The molecule has 1 aliphatic rings. The molecule has 6 nitrogen and oxygen atoms in total. The molecule has 2 heterocycles. The molecular formula is C26H30ClN3O3. The van der Waals surface area contributed by atoms with Crippen LogP contribution >= 0.6 is 11.6 Å². The average molecular weight is 468 g/mol. The number of fused-ring (bicyclic) bond motifs is 1. The molecule has 1 N–H and O–H groups in total. The number of hydrogen-bond donors (Lipinski definition) is 1. The number of aromatic amines is 1. The summed E-state index contributed by atoms with van der Waals surface area (Å²) >= 11 is 6.10. The van der Waals surface area contributed by atoms with Gasteiger partial charge < -0.3 is 14.4 Å². The summed E-state index contributed by atoms with van der Waals surface area (Å²) < 4.78 is 11.6. The van der Waals surface area contributed by atoms with E-state index in [-0.39, 0.29) is 11.9 Å². The number of amides is 1. The molecule has 0 aliphatic carbocycles. The Morgan fingerprint density at radius 1 is 1.12 bits per heavy atom. The number of nitrogens with one attached hydrogen (secondary N) is 1. The summed E-state index contributed by atoms with van der Waals surface area (Å²) in [5, 5.41) is 8.17. The molecule has 4 rings (SSSR count). The lowest BCUT2D eigenvalue weighted by atomic mass is 9.93. The van der Waals surface area contributed by atoms with Crippen LogP contribution in [0.15, 0.2) is 42.5 Å². The first-order valence-electron chi connectivity index (χ1n) is 11.2. The van der Waals surface area contributed by atoms with Crippen LogP contribution in [-0.2, 0) is 0 Å². The lowest BCUT2D eigenvalue weighted by Crippen LogP contribution is -2.44. The third-order valence-electron chi connectivity index (χ3n) is 5.87. The van der Waals surface area contributed by atoms with E-state index in [9.17, 15) is 4.79 Å². The van der Waals surface area contributed by atoms with Gasteiger partial charge in [0.05, 0.1) is 25.5 Å². The first-order chi connectivity index (χ1) is 15.8. The normalized spacial score (nSPS) is 15.6. The summed E-state index contributed by atoms with van der Waals surface area (Å²) in [7, 11) is 1.63. The van der Waals surface area contributed by atoms with Crippen LogP contribution in [0, 0.1) is 0 Å². The van der Waals surface area contributed by atoms with Gasteiger partial charge in [0.15, 0.2) is 11.5 Å². The third kappa shape index (κ3) is 4.32. The molecule has 1 amide bonds. The molecule has 0 fully saturated rings. The maximum absolute atomic E-state index is 13.5. The first-order valence-corrected chi connectivity index (χ1v) is 11.6.